The van der Waals surface area contributed by atoms with Crippen molar-refractivity contribution in [2.45, 2.75) is 6.92 Å². The first kappa shape index (κ1) is 19.3. The Labute approximate surface area is 155 Å². The molecule has 26 heavy (non-hydrogen) atoms. The van der Waals surface area contributed by atoms with Crippen molar-refractivity contribution < 1.29 is 19.1 Å². The van der Waals surface area contributed by atoms with Crippen molar-refractivity contribution in [2.24, 2.45) is 0 Å². The summed E-state index contributed by atoms with van der Waals surface area (Å²) in [5, 5.41) is 14.3. The quantitative estimate of drug-likeness (QED) is 0.424. The fraction of sp³-hybridized carbons (Fsp3) is 0.294. The Bertz CT molecular complexity index is 784. The van der Waals surface area contributed by atoms with E-state index in [1.165, 1.54) is 13.3 Å². The predicted octanol–water partition coefficient (Wildman–Crippen LogP) is 1.63. The largest absolute Gasteiger partial charge is 0.495 e. The standard InChI is InChI=1S/C17H18N4O4S/c1-11-3-4-14(25-2)13(7-11)20-16(23)12(8-18)9-19-5-6-21-15(22)10-26-17(21)24/h3-4,7,9,19H,5-6,10H2,1-2H3,(H,20,23)/b12-9-. The number of thioether (sulfide) groups is 1. The number of imide groups is 1. The van der Waals surface area contributed by atoms with E-state index in [2.05, 4.69) is 10.6 Å². The van der Waals surface area contributed by atoms with E-state index in [0.29, 0.717) is 11.4 Å². The van der Waals surface area contributed by atoms with Crippen LogP contribution >= 0.6 is 11.8 Å². The molecule has 0 atom stereocenters. The number of ether oxygens (including phenoxy) is 1. The average molecular weight is 374 g/mol. The van der Waals surface area contributed by atoms with Gasteiger partial charge in [-0.25, -0.2) is 0 Å². The maximum absolute atomic E-state index is 12.3. The maximum Gasteiger partial charge on any atom is 0.288 e. The summed E-state index contributed by atoms with van der Waals surface area (Å²) in [6.07, 6.45) is 1.26. The van der Waals surface area contributed by atoms with Crippen LogP contribution in [0.5, 0.6) is 5.75 Å². The lowest BCUT2D eigenvalue weighted by atomic mass is 10.2. The molecule has 1 aromatic carbocycles. The van der Waals surface area contributed by atoms with Crippen LogP contribution in [-0.2, 0) is 9.59 Å². The zero-order chi connectivity index (χ0) is 19.1. The smallest absolute Gasteiger partial charge is 0.288 e. The van der Waals surface area contributed by atoms with Crippen LogP contribution in [0.25, 0.3) is 0 Å². The molecule has 3 amide bonds. The molecular weight excluding hydrogens is 356 g/mol. The second kappa shape index (κ2) is 8.92. The second-order valence-electron chi connectivity index (χ2n) is 5.38. The van der Waals surface area contributed by atoms with Crippen LogP contribution in [0.4, 0.5) is 10.5 Å². The number of hydrogen-bond acceptors (Lipinski definition) is 7. The lowest BCUT2D eigenvalue weighted by Crippen LogP contribution is -2.34. The molecule has 1 saturated heterocycles. The fourth-order valence-corrected chi connectivity index (χ4v) is 2.96. The third-order valence-corrected chi connectivity index (χ3v) is 4.39. The van der Waals surface area contributed by atoms with E-state index < -0.39 is 5.91 Å². The van der Waals surface area contributed by atoms with Crippen LogP contribution in [0.1, 0.15) is 5.56 Å². The van der Waals surface area contributed by atoms with Crippen molar-refractivity contribution in [3.05, 3.63) is 35.5 Å². The summed E-state index contributed by atoms with van der Waals surface area (Å²) in [5.41, 5.74) is 1.26. The van der Waals surface area contributed by atoms with Gasteiger partial charge in [-0.2, -0.15) is 5.26 Å². The number of benzene rings is 1. The van der Waals surface area contributed by atoms with Crippen LogP contribution in [0.2, 0.25) is 0 Å². The van der Waals surface area contributed by atoms with Crippen LogP contribution in [0.3, 0.4) is 0 Å². The molecule has 1 aromatic rings. The number of methoxy groups -OCH3 is 1. The fourth-order valence-electron chi connectivity index (χ4n) is 2.21. The summed E-state index contributed by atoms with van der Waals surface area (Å²) in [5.74, 6) is -0.195. The maximum atomic E-state index is 12.3. The Hall–Kier alpha value is -2.99. The van der Waals surface area contributed by atoms with Gasteiger partial charge in [-0.3, -0.25) is 19.3 Å². The Morgan fingerprint density at radius 3 is 2.85 bits per heavy atom. The first-order chi connectivity index (χ1) is 12.5. The highest BCUT2D eigenvalue weighted by molar-refractivity contribution is 8.14. The molecule has 2 rings (SSSR count). The lowest BCUT2D eigenvalue weighted by molar-refractivity contribution is -0.124. The van der Waals surface area contributed by atoms with Gasteiger partial charge in [-0.1, -0.05) is 17.8 Å². The van der Waals surface area contributed by atoms with E-state index in [4.69, 9.17) is 4.74 Å². The number of hydrogen-bond donors (Lipinski definition) is 2. The Morgan fingerprint density at radius 1 is 1.46 bits per heavy atom. The van der Waals surface area contributed by atoms with E-state index in [1.54, 1.807) is 12.1 Å². The highest BCUT2D eigenvalue weighted by atomic mass is 32.2. The van der Waals surface area contributed by atoms with E-state index in [9.17, 15) is 19.6 Å². The van der Waals surface area contributed by atoms with Crippen LogP contribution in [-0.4, -0.2) is 47.9 Å². The summed E-state index contributed by atoms with van der Waals surface area (Å²) < 4.78 is 5.19. The topological polar surface area (TPSA) is 112 Å². The minimum Gasteiger partial charge on any atom is -0.495 e. The van der Waals surface area contributed by atoms with E-state index >= 15 is 0 Å². The number of aryl methyl sites for hydroxylation is 1. The normalized spacial score (nSPS) is 14.2. The summed E-state index contributed by atoms with van der Waals surface area (Å²) in [6.45, 7) is 2.29. The van der Waals surface area contributed by atoms with Crippen molar-refractivity contribution in [1.82, 2.24) is 10.2 Å². The van der Waals surface area contributed by atoms with Gasteiger partial charge in [0.05, 0.1) is 18.6 Å². The third kappa shape index (κ3) is 4.77. The molecule has 1 fully saturated rings. The molecule has 1 aliphatic rings. The van der Waals surface area contributed by atoms with E-state index in [0.717, 1.165) is 22.2 Å². The molecule has 2 N–H and O–H groups in total. The minimum atomic E-state index is -0.590. The Kier molecular flexibility index (Phi) is 6.63. The minimum absolute atomic E-state index is 0.137. The van der Waals surface area contributed by atoms with Crippen LogP contribution in [0.15, 0.2) is 30.0 Å². The highest BCUT2D eigenvalue weighted by Crippen LogP contribution is 2.25. The number of anilines is 1. The molecule has 136 valence electrons. The molecule has 9 heteroatoms. The molecule has 0 aromatic heterocycles. The Morgan fingerprint density at radius 2 is 2.23 bits per heavy atom. The van der Waals surface area contributed by atoms with Gasteiger partial charge in [0.2, 0.25) is 5.91 Å². The van der Waals surface area contributed by atoms with E-state index in [1.807, 2.05) is 19.1 Å². The van der Waals surface area contributed by atoms with Crippen LogP contribution < -0.4 is 15.4 Å². The van der Waals surface area contributed by atoms with Gasteiger partial charge in [0.1, 0.15) is 17.4 Å². The van der Waals surface area contributed by atoms with E-state index in [-0.39, 0.29) is 35.6 Å². The second-order valence-corrected chi connectivity index (χ2v) is 6.31. The number of nitriles is 1. The first-order valence-corrected chi connectivity index (χ1v) is 8.71. The molecule has 0 bridgehead atoms. The van der Waals surface area contributed by atoms with Gasteiger partial charge in [0.25, 0.3) is 11.1 Å². The average Bonchev–Trinajstić information content (AvgIpc) is 2.93. The number of carbonyl (C=O) groups excluding carboxylic acids is 3. The molecule has 0 aliphatic carbocycles. The number of amides is 3. The molecule has 1 aliphatic heterocycles. The summed E-state index contributed by atoms with van der Waals surface area (Å²) >= 11 is 0.959. The molecule has 1 heterocycles. The predicted molar refractivity (Wildman–Crippen MR) is 97.6 cm³/mol. The number of rotatable bonds is 7. The van der Waals surface area contributed by atoms with Gasteiger partial charge in [-0.05, 0) is 24.6 Å². The zero-order valence-electron chi connectivity index (χ0n) is 14.4. The SMILES string of the molecule is COc1ccc(C)cc1NC(=O)/C(C#N)=C\NCCN1C(=O)CSC1=O. The van der Waals surface area contributed by atoms with Gasteiger partial charge < -0.3 is 15.4 Å². The van der Waals surface area contributed by atoms with Crippen molar-refractivity contribution >= 4 is 34.5 Å². The van der Waals surface area contributed by atoms with Crippen molar-refractivity contribution in [2.75, 3.05) is 31.3 Å². The number of carbonyl (C=O) groups is 3. The summed E-state index contributed by atoms with van der Waals surface area (Å²) in [4.78, 5) is 36.3. The molecule has 8 nitrogen and oxygen atoms in total. The third-order valence-electron chi connectivity index (χ3n) is 3.53. The van der Waals surface area contributed by atoms with Gasteiger partial charge in [0, 0.05) is 19.3 Å². The van der Waals surface area contributed by atoms with Crippen molar-refractivity contribution in [3.8, 4) is 11.8 Å². The summed E-state index contributed by atoms with van der Waals surface area (Å²) in [7, 11) is 1.49. The zero-order valence-corrected chi connectivity index (χ0v) is 15.2. The van der Waals surface area contributed by atoms with Gasteiger partial charge in [-0.15, -0.1) is 0 Å². The summed E-state index contributed by atoms with van der Waals surface area (Å²) in [6, 6.07) is 7.12. The lowest BCUT2D eigenvalue weighted by Gasteiger charge is -2.12. The molecular formula is C17H18N4O4S. The van der Waals surface area contributed by atoms with Crippen molar-refractivity contribution in [3.63, 3.8) is 0 Å². The van der Waals surface area contributed by atoms with Gasteiger partial charge >= 0.3 is 0 Å². The monoisotopic (exact) mass is 374 g/mol. The molecule has 0 unspecified atom stereocenters. The molecule has 0 saturated carbocycles. The number of nitrogens with zero attached hydrogens (tertiary/aromatic N) is 2. The first-order valence-electron chi connectivity index (χ1n) is 7.73. The Balaban J connectivity index is 1.95. The van der Waals surface area contributed by atoms with Crippen molar-refractivity contribution in [1.29, 1.82) is 5.26 Å². The highest BCUT2D eigenvalue weighted by Gasteiger charge is 2.28. The van der Waals surface area contributed by atoms with Crippen LogP contribution in [0, 0.1) is 18.3 Å². The molecule has 0 radical (unpaired) electrons. The number of nitrogens with one attached hydrogen (secondary N) is 2. The van der Waals surface area contributed by atoms with Gasteiger partial charge in [0.15, 0.2) is 0 Å². The molecule has 0 spiro atoms.